The molecule has 7 nitrogen and oxygen atoms in total. The number of aromatic nitrogens is 3. The minimum absolute atomic E-state index is 0.0779. The second-order valence-electron chi connectivity index (χ2n) is 5.46. The van der Waals surface area contributed by atoms with E-state index < -0.39 is 0 Å². The van der Waals surface area contributed by atoms with Crippen LogP contribution in [0.15, 0.2) is 34.0 Å². The van der Waals surface area contributed by atoms with Crippen molar-refractivity contribution in [3.63, 3.8) is 0 Å². The highest BCUT2D eigenvalue weighted by molar-refractivity contribution is 5.91. The van der Waals surface area contributed by atoms with E-state index in [1.165, 1.54) is 29.7 Å². The molecule has 116 valence electrons. The van der Waals surface area contributed by atoms with E-state index in [0.29, 0.717) is 19.0 Å². The van der Waals surface area contributed by atoms with E-state index in [1.807, 2.05) is 0 Å². The van der Waals surface area contributed by atoms with Crippen LogP contribution in [0.2, 0.25) is 0 Å². The summed E-state index contributed by atoms with van der Waals surface area (Å²) in [5, 5.41) is 6.14. The Morgan fingerprint density at radius 2 is 2.23 bits per heavy atom. The van der Waals surface area contributed by atoms with Crippen LogP contribution in [0.25, 0.3) is 0 Å². The average molecular weight is 302 g/mol. The molecule has 1 amide bonds. The number of rotatable bonds is 5. The number of nitrogens with zero attached hydrogens (tertiary/aromatic N) is 3. The van der Waals surface area contributed by atoms with Crippen LogP contribution in [0.5, 0.6) is 0 Å². The van der Waals surface area contributed by atoms with Gasteiger partial charge in [0.15, 0.2) is 0 Å². The molecule has 0 atom stereocenters. The summed E-state index contributed by atoms with van der Waals surface area (Å²) in [6.07, 6.45) is 7.63. The molecule has 1 aliphatic carbocycles. The molecule has 0 saturated heterocycles. The van der Waals surface area contributed by atoms with E-state index in [4.69, 9.17) is 4.52 Å². The van der Waals surface area contributed by atoms with Gasteiger partial charge in [-0.25, -0.2) is 4.98 Å². The standard InChI is InChI=1S/C15H18N4O3/c20-14-9-12(11-3-1-2-4-11)17-10-19(14)8-7-16-15(21)13-5-6-18-22-13/h5-6,9-11H,1-4,7-8H2,(H,16,21). The number of carbonyl (C=O) groups is 1. The van der Waals surface area contributed by atoms with Crippen molar-refractivity contribution in [2.75, 3.05) is 6.54 Å². The first-order valence-electron chi connectivity index (χ1n) is 7.49. The molecule has 1 fully saturated rings. The van der Waals surface area contributed by atoms with Crippen LogP contribution in [0.1, 0.15) is 47.8 Å². The average Bonchev–Trinajstić information content (AvgIpc) is 3.22. The van der Waals surface area contributed by atoms with Crippen LogP contribution in [0.3, 0.4) is 0 Å². The predicted molar refractivity (Wildman–Crippen MR) is 78.5 cm³/mol. The molecule has 0 aliphatic heterocycles. The minimum Gasteiger partial charge on any atom is -0.351 e. The summed E-state index contributed by atoms with van der Waals surface area (Å²) in [7, 11) is 0. The third-order valence-electron chi connectivity index (χ3n) is 3.97. The van der Waals surface area contributed by atoms with Crippen LogP contribution >= 0.6 is 0 Å². The van der Waals surface area contributed by atoms with E-state index in [-0.39, 0.29) is 17.2 Å². The molecular formula is C15H18N4O3. The molecular weight excluding hydrogens is 284 g/mol. The molecule has 1 aliphatic rings. The highest BCUT2D eigenvalue weighted by atomic mass is 16.5. The maximum absolute atomic E-state index is 12.1. The Hall–Kier alpha value is -2.44. The molecule has 0 radical (unpaired) electrons. The molecule has 0 unspecified atom stereocenters. The number of nitrogens with one attached hydrogen (secondary N) is 1. The fourth-order valence-corrected chi connectivity index (χ4v) is 2.76. The fraction of sp³-hybridized carbons (Fsp3) is 0.467. The monoisotopic (exact) mass is 302 g/mol. The van der Waals surface area contributed by atoms with Gasteiger partial charge >= 0.3 is 0 Å². The van der Waals surface area contributed by atoms with Gasteiger partial charge in [-0.3, -0.25) is 14.2 Å². The summed E-state index contributed by atoms with van der Waals surface area (Å²) >= 11 is 0. The maximum atomic E-state index is 12.1. The molecule has 0 bridgehead atoms. The summed E-state index contributed by atoms with van der Waals surface area (Å²) < 4.78 is 6.25. The Labute approximate surface area is 127 Å². The second-order valence-corrected chi connectivity index (χ2v) is 5.46. The van der Waals surface area contributed by atoms with E-state index >= 15 is 0 Å². The first-order valence-corrected chi connectivity index (χ1v) is 7.49. The lowest BCUT2D eigenvalue weighted by Gasteiger charge is -2.10. The van der Waals surface area contributed by atoms with Crippen molar-refractivity contribution in [3.8, 4) is 0 Å². The van der Waals surface area contributed by atoms with Gasteiger partial charge in [0.25, 0.3) is 11.5 Å². The van der Waals surface area contributed by atoms with Gasteiger partial charge in [0.05, 0.1) is 18.2 Å². The summed E-state index contributed by atoms with van der Waals surface area (Å²) in [4.78, 5) is 28.1. The highest BCUT2D eigenvalue weighted by Gasteiger charge is 2.18. The molecule has 22 heavy (non-hydrogen) atoms. The zero-order chi connectivity index (χ0) is 15.4. The number of hydrogen-bond acceptors (Lipinski definition) is 5. The molecule has 0 aromatic carbocycles. The lowest BCUT2D eigenvalue weighted by atomic mass is 10.0. The number of hydrogen-bond donors (Lipinski definition) is 1. The van der Waals surface area contributed by atoms with Crippen molar-refractivity contribution in [1.29, 1.82) is 0 Å². The van der Waals surface area contributed by atoms with Gasteiger partial charge in [-0.15, -0.1) is 0 Å². The fourth-order valence-electron chi connectivity index (χ4n) is 2.76. The summed E-state index contributed by atoms with van der Waals surface area (Å²) in [5.74, 6) is 0.233. The minimum atomic E-state index is -0.346. The molecule has 2 aromatic rings. The van der Waals surface area contributed by atoms with E-state index in [0.717, 1.165) is 18.5 Å². The van der Waals surface area contributed by atoms with Gasteiger partial charge in [0, 0.05) is 31.1 Å². The lowest BCUT2D eigenvalue weighted by molar-refractivity contribution is 0.0915. The van der Waals surface area contributed by atoms with Crippen molar-refractivity contribution < 1.29 is 9.32 Å². The second kappa shape index (κ2) is 6.55. The Morgan fingerprint density at radius 1 is 1.41 bits per heavy atom. The van der Waals surface area contributed by atoms with Crippen molar-refractivity contribution >= 4 is 5.91 Å². The topological polar surface area (TPSA) is 90.0 Å². The summed E-state index contributed by atoms with van der Waals surface area (Å²) in [5.41, 5.74) is 0.815. The predicted octanol–water partition coefficient (Wildman–Crippen LogP) is 1.32. The Bertz CT molecular complexity index is 687. The first kappa shape index (κ1) is 14.5. The van der Waals surface area contributed by atoms with Gasteiger partial charge in [-0.1, -0.05) is 18.0 Å². The molecule has 2 aromatic heterocycles. The van der Waals surface area contributed by atoms with Crippen molar-refractivity contribution in [2.24, 2.45) is 0 Å². The third kappa shape index (κ3) is 3.24. The number of carbonyl (C=O) groups excluding carboxylic acids is 1. The quantitative estimate of drug-likeness (QED) is 0.899. The molecule has 7 heteroatoms. The Kier molecular flexibility index (Phi) is 4.32. The highest BCUT2D eigenvalue weighted by Crippen LogP contribution is 2.32. The molecule has 0 spiro atoms. The van der Waals surface area contributed by atoms with Gasteiger partial charge < -0.3 is 9.84 Å². The van der Waals surface area contributed by atoms with Crippen molar-refractivity contribution in [1.82, 2.24) is 20.0 Å². The smallest absolute Gasteiger partial charge is 0.289 e. The van der Waals surface area contributed by atoms with Crippen LogP contribution in [0.4, 0.5) is 0 Å². The normalized spacial score (nSPS) is 15.1. The number of amides is 1. The van der Waals surface area contributed by atoms with E-state index in [2.05, 4.69) is 15.5 Å². The SMILES string of the molecule is O=C(NCCn1cnc(C2CCCC2)cc1=O)c1ccno1. The van der Waals surface area contributed by atoms with Gasteiger partial charge in [-0.05, 0) is 12.8 Å². The van der Waals surface area contributed by atoms with E-state index in [1.54, 1.807) is 12.4 Å². The summed E-state index contributed by atoms with van der Waals surface area (Å²) in [6, 6.07) is 3.10. The van der Waals surface area contributed by atoms with Crippen molar-refractivity contribution in [2.45, 2.75) is 38.1 Å². The molecule has 2 heterocycles. The van der Waals surface area contributed by atoms with Crippen LogP contribution in [-0.4, -0.2) is 27.2 Å². The third-order valence-corrected chi connectivity index (χ3v) is 3.97. The first-order chi connectivity index (χ1) is 10.7. The van der Waals surface area contributed by atoms with Crippen LogP contribution in [-0.2, 0) is 6.54 Å². The van der Waals surface area contributed by atoms with Crippen molar-refractivity contribution in [3.05, 3.63) is 46.5 Å². The zero-order valence-electron chi connectivity index (χ0n) is 12.2. The molecule has 1 saturated carbocycles. The zero-order valence-corrected chi connectivity index (χ0v) is 12.2. The van der Waals surface area contributed by atoms with Gasteiger partial charge in [0.1, 0.15) is 0 Å². The van der Waals surface area contributed by atoms with E-state index in [9.17, 15) is 9.59 Å². The largest absolute Gasteiger partial charge is 0.351 e. The van der Waals surface area contributed by atoms with Gasteiger partial charge in [-0.2, -0.15) is 0 Å². The maximum Gasteiger partial charge on any atom is 0.289 e. The van der Waals surface area contributed by atoms with Crippen LogP contribution in [0, 0.1) is 0 Å². The Morgan fingerprint density at radius 3 is 2.91 bits per heavy atom. The lowest BCUT2D eigenvalue weighted by Crippen LogP contribution is -2.31. The Balaban J connectivity index is 1.56. The summed E-state index contributed by atoms with van der Waals surface area (Å²) in [6.45, 7) is 0.695. The van der Waals surface area contributed by atoms with Crippen LogP contribution < -0.4 is 10.9 Å². The van der Waals surface area contributed by atoms with Gasteiger partial charge in [0.2, 0.25) is 5.76 Å². The molecule has 3 rings (SSSR count). The molecule has 1 N–H and O–H groups in total.